The SMILES string of the molecule is CCOc1c(I)cc(/C=N/NC(=O)C(NC(=O)c2ccc(Cl)c(Cl)c2)C(C)C)cc1OC. The molecule has 1 unspecified atom stereocenters. The number of methoxy groups -OCH3 is 1. The van der Waals surface area contributed by atoms with Crippen LogP contribution in [0.25, 0.3) is 0 Å². The standard InChI is InChI=1S/C22H24Cl2IN3O4/c1-5-32-20-17(25)8-13(9-18(20)31-4)11-26-28-22(30)19(12(2)3)27-21(29)14-6-7-15(23)16(24)10-14/h6-12,19H,5H2,1-4H3,(H,27,29)(H,28,30)/b26-11+. The molecule has 0 bridgehead atoms. The smallest absolute Gasteiger partial charge is 0.262 e. The first-order valence-electron chi connectivity index (χ1n) is 9.77. The van der Waals surface area contributed by atoms with Gasteiger partial charge in [-0.2, -0.15) is 5.10 Å². The van der Waals surface area contributed by atoms with Crippen molar-refractivity contribution >= 4 is 63.8 Å². The van der Waals surface area contributed by atoms with E-state index in [2.05, 4.69) is 38.4 Å². The van der Waals surface area contributed by atoms with Crippen LogP contribution in [-0.4, -0.2) is 37.8 Å². The van der Waals surface area contributed by atoms with Crippen LogP contribution in [0.3, 0.4) is 0 Å². The zero-order valence-corrected chi connectivity index (χ0v) is 21.7. The number of carbonyl (C=O) groups excluding carboxylic acids is 2. The van der Waals surface area contributed by atoms with E-state index in [-0.39, 0.29) is 10.9 Å². The van der Waals surface area contributed by atoms with Crippen molar-refractivity contribution in [2.24, 2.45) is 11.0 Å². The highest BCUT2D eigenvalue weighted by Gasteiger charge is 2.24. The van der Waals surface area contributed by atoms with Gasteiger partial charge in [0.1, 0.15) is 6.04 Å². The van der Waals surface area contributed by atoms with Crippen LogP contribution in [0.1, 0.15) is 36.7 Å². The second-order valence-electron chi connectivity index (χ2n) is 7.03. The number of hydrogen-bond donors (Lipinski definition) is 2. The molecule has 2 rings (SSSR count). The van der Waals surface area contributed by atoms with E-state index in [1.807, 2.05) is 26.8 Å². The van der Waals surface area contributed by atoms with E-state index < -0.39 is 17.9 Å². The van der Waals surface area contributed by atoms with Crippen LogP contribution in [0, 0.1) is 9.49 Å². The predicted molar refractivity (Wildman–Crippen MR) is 135 cm³/mol. The molecule has 32 heavy (non-hydrogen) atoms. The van der Waals surface area contributed by atoms with Crippen LogP contribution in [0.4, 0.5) is 0 Å². The number of amides is 2. The molecule has 1 atom stereocenters. The minimum absolute atomic E-state index is 0.177. The second-order valence-corrected chi connectivity index (χ2v) is 9.00. The molecule has 7 nitrogen and oxygen atoms in total. The first-order chi connectivity index (χ1) is 15.2. The van der Waals surface area contributed by atoms with Gasteiger partial charge in [-0.05, 0) is 71.3 Å². The van der Waals surface area contributed by atoms with Gasteiger partial charge in [0.2, 0.25) is 0 Å². The Bertz CT molecular complexity index is 1010. The van der Waals surface area contributed by atoms with Crippen molar-refractivity contribution in [3.05, 3.63) is 55.1 Å². The molecule has 2 aromatic rings. The highest BCUT2D eigenvalue weighted by molar-refractivity contribution is 14.1. The van der Waals surface area contributed by atoms with Gasteiger partial charge in [-0.15, -0.1) is 0 Å². The largest absolute Gasteiger partial charge is 0.493 e. The summed E-state index contributed by atoms with van der Waals surface area (Å²) in [5.41, 5.74) is 3.50. The summed E-state index contributed by atoms with van der Waals surface area (Å²) in [7, 11) is 1.56. The third-order valence-electron chi connectivity index (χ3n) is 4.35. The maximum atomic E-state index is 12.7. The Balaban J connectivity index is 2.10. The van der Waals surface area contributed by atoms with E-state index in [1.54, 1.807) is 13.2 Å². The second kappa shape index (κ2) is 12.3. The van der Waals surface area contributed by atoms with E-state index in [1.165, 1.54) is 24.4 Å². The van der Waals surface area contributed by atoms with Gasteiger partial charge in [0.15, 0.2) is 11.5 Å². The van der Waals surface area contributed by atoms with Gasteiger partial charge in [0.25, 0.3) is 11.8 Å². The number of benzene rings is 2. The van der Waals surface area contributed by atoms with Crippen molar-refractivity contribution in [1.82, 2.24) is 10.7 Å². The molecule has 0 heterocycles. The average Bonchev–Trinajstić information content (AvgIpc) is 2.75. The Labute approximate surface area is 211 Å². The van der Waals surface area contributed by atoms with Crippen LogP contribution < -0.4 is 20.2 Å². The Hall–Kier alpha value is -2.04. The summed E-state index contributed by atoms with van der Waals surface area (Å²) >= 11 is 14.0. The Kier molecular flexibility index (Phi) is 10.0. The highest BCUT2D eigenvalue weighted by atomic mass is 127. The van der Waals surface area contributed by atoms with E-state index >= 15 is 0 Å². The fourth-order valence-electron chi connectivity index (χ4n) is 2.74. The molecule has 10 heteroatoms. The molecule has 2 N–H and O–H groups in total. The van der Waals surface area contributed by atoms with E-state index in [0.29, 0.717) is 28.7 Å². The molecule has 2 aromatic carbocycles. The Morgan fingerprint density at radius 2 is 1.91 bits per heavy atom. The fraction of sp³-hybridized carbons (Fsp3) is 0.318. The third-order valence-corrected chi connectivity index (χ3v) is 5.89. The average molecular weight is 592 g/mol. The van der Waals surface area contributed by atoms with Gasteiger partial charge in [0, 0.05) is 5.56 Å². The summed E-state index contributed by atoms with van der Waals surface area (Å²) in [6.07, 6.45) is 1.50. The molecule has 2 amide bonds. The van der Waals surface area contributed by atoms with Crippen LogP contribution in [0.15, 0.2) is 35.4 Å². The lowest BCUT2D eigenvalue weighted by atomic mass is 10.0. The topological polar surface area (TPSA) is 89.0 Å². The minimum Gasteiger partial charge on any atom is -0.493 e. The third kappa shape index (κ3) is 6.98. The first-order valence-corrected chi connectivity index (χ1v) is 11.6. The first kappa shape index (κ1) is 26.2. The van der Waals surface area contributed by atoms with Gasteiger partial charge >= 0.3 is 0 Å². The molecule has 0 aliphatic carbocycles. The number of nitrogens with one attached hydrogen (secondary N) is 2. The predicted octanol–water partition coefficient (Wildman–Crippen LogP) is 4.91. The number of halogens is 3. The van der Waals surface area contributed by atoms with Crippen molar-refractivity contribution in [3.8, 4) is 11.5 Å². The van der Waals surface area contributed by atoms with E-state index in [9.17, 15) is 9.59 Å². The number of carbonyl (C=O) groups is 2. The van der Waals surface area contributed by atoms with Crippen LogP contribution >= 0.6 is 45.8 Å². The Morgan fingerprint density at radius 1 is 1.19 bits per heavy atom. The molecule has 0 aliphatic rings. The molecular weight excluding hydrogens is 568 g/mol. The summed E-state index contributed by atoms with van der Waals surface area (Å²) in [5.74, 6) is 0.162. The van der Waals surface area contributed by atoms with Crippen LogP contribution in [0.2, 0.25) is 10.0 Å². The van der Waals surface area contributed by atoms with Crippen molar-refractivity contribution in [2.75, 3.05) is 13.7 Å². The summed E-state index contributed by atoms with van der Waals surface area (Å²) in [6, 6.07) is 7.33. The monoisotopic (exact) mass is 591 g/mol. The number of nitrogens with zero attached hydrogens (tertiary/aromatic N) is 1. The number of hydrogen-bond acceptors (Lipinski definition) is 5. The van der Waals surface area contributed by atoms with Gasteiger partial charge in [-0.25, -0.2) is 5.43 Å². The highest BCUT2D eigenvalue weighted by Crippen LogP contribution is 2.33. The normalized spacial score (nSPS) is 12.0. The summed E-state index contributed by atoms with van der Waals surface area (Å²) < 4.78 is 11.8. The number of rotatable bonds is 9. The lowest BCUT2D eigenvalue weighted by Gasteiger charge is -2.20. The summed E-state index contributed by atoms with van der Waals surface area (Å²) in [5, 5.41) is 7.34. The lowest BCUT2D eigenvalue weighted by Crippen LogP contribution is -2.48. The number of ether oxygens (including phenoxy) is 2. The maximum absolute atomic E-state index is 12.7. The summed E-state index contributed by atoms with van der Waals surface area (Å²) in [4.78, 5) is 25.2. The van der Waals surface area contributed by atoms with E-state index in [4.69, 9.17) is 32.7 Å². The van der Waals surface area contributed by atoms with Gasteiger partial charge in [0.05, 0.1) is 33.5 Å². The quantitative estimate of drug-likeness (QED) is 0.246. The zero-order chi connectivity index (χ0) is 23.8. The van der Waals surface area contributed by atoms with Crippen molar-refractivity contribution in [3.63, 3.8) is 0 Å². The number of hydrazone groups is 1. The van der Waals surface area contributed by atoms with Crippen molar-refractivity contribution < 1.29 is 19.1 Å². The minimum atomic E-state index is -0.802. The van der Waals surface area contributed by atoms with Gasteiger partial charge < -0.3 is 14.8 Å². The molecular formula is C22H24Cl2IN3O4. The molecule has 0 aliphatic heterocycles. The van der Waals surface area contributed by atoms with Crippen molar-refractivity contribution in [2.45, 2.75) is 26.8 Å². The molecule has 0 radical (unpaired) electrons. The molecule has 0 spiro atoms. The van der Waals surface area contributed by atoms with Gasteiger partial charge in [-0.3, -0.25) is 9.59 Å². The Morgan fingerprint density at radius 3 is 2.50 bits per heavy atom. The molecule has 0 saturated carbocycles. The maximum Gasteiger partial charge on any atom is 0.262 e. The molecule has 0 fully saturated rings. The van der Waals surface area contributed by atoms with Crippen LogP contribution in [0.5, 0.6) is 11.5 Å². The van der Waals surface area contributed by atoms with Gasteiger partial charge in [-0.1, -0.05) is 37.0 Å². The fourth-order valence-corrected chi connectivity index (χ4v) is 3.81. The molecule has 0 saturated heterocycles. The molecule has 172 valence electrons. The zero-order valence-electron chi connectivity index (χ0n) is 18.0. The van der Waals surface area contributed by atoms with E-state index in [0.717, 1.165) is 9.13 Å². The molecule has 0 aromatic heterocycles. The lowest BCUT2D eigenvalue weighted by molar-refractivity contribution is -0.123. The van der Waals surface area contributed by atoms with Crippen molar-refractivity contribution in [1.29, 1.82) is 0 Å². The summed E-state index contributed by atoms with van der Waals surface area (Å²) in [6.45, 7) is 6.05. The van der Waals surface area contributed by atoms with Crippen LogP contribution in [-0.2, 0) is 4.79 Å².